The molecular formula is C22H21N3O2. The first-order valence-corrected chi connectivity index (χ1v) is 9.31. The Balaban J connectivity index is 1.56. The van der Waals surface area contributed by atoms with Gasteiger partial charge in [-0.15, -0.1) is 0 Å². The van der Waals surface area contributed by atoms with E-state index < -0.39 is 5.41 Å². The van der Waals surface area contributed by atoms with Gasteiger partial charge in [0.1, 0.15) is 17.1 Å². The van der Waals surface area contributed by atoms with E-state index in [1.807, 2.05) is 42.5 Å². The van der Waals surface area contributed by atoms with E-state index in [0.717, 1.165) is 53.1 Å². The Kier molecular flexibility index (Phi) is 3.57. The number of nitrogens with zero attached hydrogens (tertiary/aromatic N) is 2. The van der Waals surface area contributed by atoms with Gasteiger partial charge in [0.05, 0.1) is 12.5 Å². The fourth-order valence-corrected chi connectivity index (χ4v) is 4.48. The van der Waals surface area contributed by atoms with Crippen LogP contribution in [-0.2, 0) is 10.2 Å². The van der Waals surface area contributed by atoms with E-state index in [1.54, 1.807) is 7.11 Å². The van der Waals surface area contributed by atoms with Crippen LogP contribution in [0.5, 0.6) is 5.75 Å². The van der Waals surface area contributed by atoms with Crippen molar-refractivity contribution < 1.29 is 9.53 Å². The van der Waals surface area contributed by atoms with Crippen LogP contribution in [0.4, 0.5) is 11.5 Å². The normalized spacial score (nSPS) is 21.4. The van der Waals surface area contributed by atoms with Crippen LogP contribution in [0.3, 0.4) is 0 Å². The number of fused-ring (bicyclic) bond motifs is 3. The fraction of sp³-hybridized carbons (Fsp3) is 0.273. The molecule has 5 nitrogen and oxygen atoms in total. The Morgan fingerprint density at radius 2 is 2.00 bits per heavy atom. The molecule has 5 heteroatoms. The number of para-hydroxylation sites is 2. The number of methoxy groups -OCH3 is 1. The van der Waals surface area contributed by atoms with Crippen molar-refractivity contribution in [2.45, 2.75) is 18.3 Å². The number of carbonyl (C=O) groups excluding carboxylic acids is 1. The highest BCUT2D eigenvalue weighted by atomic mass is 16.5. The molecule has 1 atom stereocenters. The van der Waals surface area contributed by atoms with Crippen molar-refractivity contribution in [3.63, 3.8) is 0 Å². The second kappa shape index (κ2) is 5.98. The Morgan fingerprint density at radius 3 is 2.89 bits per heavy atom. The molecular weight excluding hydrogens is 338 g/mol. The predicted octanol–water partition coefficient (Wildman–Crippen LogP) is 3.73. The predicted molar refractivity (Wildman–Crippen MR) is 106 cm³/mol. The molecule has 27 heavy (non-hydrogen) atoms. The molecule has 0 bridgehead atoms. The van der Waals surface area contributed by atoms with Crippen LogP contribution in [0.1, 0.15) is 18.4 Å². The number of benzene rings is 2. The first-order valence-electron chi connectivity index (χ1n) is 9.31. The molecule has 3 heterocycles. The molecule has 1 fully saturated rings. The summed E-state index contributed by atoms with van der Waals surface area (Å²) in [6.07, 6.45) is 1.82. The molecule has 3 aromatic rings. The lowest BCUT2D eigenvalue weighted by atomic mass is 9.75. The van der Waals surface area contributed by atoms with Crippen LogP contribution in [0.25, 0.3) is 10.9 Å². The molecule has 1 unspecified atom stereocenters. The van der Waals surface area contributed by atoms with Crippen LogP contribution in [-0.4, -0.2) is 31.1 Å². The summed E-state index contributed by atoms with van der Waals surface area (Å²) in [7, 11) is 1.67. The van der Waals surface area contributed by atoms with Crippen LogP contribution < -0.4 is 15.0 Å². The van der Waals surface area contributed by atoms with Gasteiger partial charge in [-0.05, 0) is 42.7 Å². The average molecular weight is 359 g/mol. The molecule has 2 aliphatic heterocycles. The van der Waals surface area contributed by atoms with Crippen LogP contribution >= 0.6 is 0 Å². The number of piperidine rings is 1. The number of amides is 1. The first-order chi connectivity index (χ1) is 13.2. The third kappa shape index (κ3) is 2.38. The van der Waals surface area contributed by atoms with Crippen LogP contribution in [0.2, 0.25) is 0 Å². The molecule has 1 N–H and O–H groups in total. The van der Waals surface area contributed by atoms with Gasteiger partial charge in [-0.1, -0.05) is 30.3 Å². The summed E-state index contributed by atoms with van der Waals surface area (Å²) in [5.74, 6) is 1.76. The van der Waals surface area contributed by atoms with Crippen molar-refractivity contribution in [2.24, 2.45) is 0 Å². The molecule has 5 rings (SSSR count). The summed E-state index contributed by atoms with van der Waals surface area (Å²) in [5.41, 5.74) is 2.41. The van der Waals surface area contributed by atoms with Crippen LogP contribution in [0.15, 0.2) is 54.6 Å². The Bertz CT molecular complexity index is 1050. The van der Waals surface area contributed by atoms with Gasteiger partial charge in [-0.3, -0.25) is 4.79 Å². The van der Waals surface area contributed by atoms with E-state index in [0.29, 0.717) is 6.54 Å². The summed E-state index contributed by atoms with van der Waals surface area (Å²) in [5, 5.41) is 4.12. The number of ether oxygens (including phenoxy) is 1. The van der Waals surface area contributed by atoms with Gasteiger partial charge in [0.15, 0.2) is 0 Å². The molecule has 1 aromatic heterocycles. The van der Waals surface area contributed by atoms with Crippen molar-refractivity contribution in [3.05, 3.63) is 60.2 Å². The first kappa shape index (κ1) is 16.1. The Hall–Kier alpha value is -3.08. The lowest BCUT2D eigenvalue weighted by Gasteiger charge is -2.39. The van der Waals surface area contributed by atoms with Gasteiger partial charge in [0.25, 0.3) is 0 Å². The molecule has 1 spiro atoms. The molecule has 0 saturated carbocycles. The molecule has 0 aliphatic carbocycles. The summed E-state index contributed by atoms with van der Waals surface area (Å²) >= 11 is 0. The standard InChI is InChI=1S/C22H21N3O2/c1-27-18-9-4-6-15-10-11-19(24-20(15)18)25-13-5-12-22(14-25)16-7-2-3-8-17(16)23-21(22)26/h2-4,6-11H,5,12-14H2,1H3,(H,23,26). The van der Waals surface area contributed by atoms with Gasteiger partial charge >= 0.3 is 0 Å². The maximum atomic E-state index is 12.9. The van der Waals surface area contributed by atoms with E-state index in [-0.39, 0.29) is 5.91 Å². The lowest BCUT2D eigenvalue weighted by molar-refractivity contribution is -0.121. The molecule has 1 saturated heterocycles. The summed E-state index contributed by atoms with van der Waals surface area (Å²) in [4.78, 5) is 20.0. The SMILES string of the molecule is COc1cccc2ccc(N3CCCC4(C3)C(=O)Nc3ccccc34)nc12. The minimum Gasteiger partial charge on any atom is -0.494 e. The van der Waals surface area contributed by atoms with Crippen molar-refractivity contribution in [1.82, 2.24) is 4.98 Å². The van der Waals surface area contributed by atoms with E-state index >= 15 is 0 Å². The minimum absolute atomic E-state index is 0.103. The van der Waals surface area contributed by atoms with E-state index in [9.17, 15) is 4.79 Å². The van der Waals surface area contributed by atoms with Gasteiger partial charge < -0.3 is 15.0 Å². The number of hydrogen-bond acceptors (Lipinski definition) is 4. The zero-order valence-electron chi connectivity index (χ0n) is 15.2. The van der Waals surface area contributed by atoms with E-state index in [4.69, 9.17) is 9.72 Å². The van der Waals surface area contributed by atoms with Gasteiger partial charge in [0, 0.05) is 24.2 Å². The summed E-state index contributed by atoms with van der Waals surface area (Å²) in [6.45, 7) is 1.54. The topological polar surface area (TPSA) is 54.5 Å². The van der Waals surface area contributed by atoms with Crippen molar-refractivity contribution in [2.75, 3.05) is 30.4 Å². The van der Waals surface area contributed by atoms with Crippen molar-refractivity contribution >= 4 is 28.3 Å². The van der Waals surface area contributed by atoms with E-state index in [2.05, 4.69) is 22.3 Å². The Morgan fingerprint density at radius 1 is 1.11 bits per heavy atom. The zero-order chi connectivity index (χ0) is 18.4. The maximum absolute atomic E-state index is 12.9. The lowest BCUT2D eigenvalue weighted by Crippen LogP contribution is -2.50. The molecule has 2 aliphatic rings. The number of hydrogen-bond donors (Lipinski definition) is 1. The zero-order valence-corrected chi connectivity index (χ0v) is 15.2. The number of nitrogens with one attached hydrogen (secondary N) is 1. The number of rotatable bonds is 2. The van der Waals surface area contributed by atoms with Crippen molar-refractivity contribution in [1.29, 1.82) is 0 Å². The minimum atomic E-state index is -0.494. The molecule has 2 aromatic carbocycles. The average Bonchev–Trinajstić information content (AvgIpc) is 2.98. The highest BCUT2D eigenvalue weighted by molar-refractivity contribution is 6.06. The second-order valence-electron chi connectivity index (χ2n) is 7.31. The largest absolute Gasteiger partial charge is 0.494 e. The van der Waals surface area contributed by atoms with Gasteiger partial charge in [-0.25, -0.2) is 4.98 Å². The van der Waals surface area contributed by atoms with E-state index in [1.165, 1.54) is 0 Å². The molecule has 136 valence electrons. The number of pyridine rings is 1. The fourth-order valence-electron chi connectivity index (χ4n) is 4.48. The second-order valence-corrected chi connectivity index (χ2v) is 7.31. The third-order valence-corrected chi connectivity index (χ3v) is 5.83. The molecule has 0 radical (unpaired) electrons. The third-order valence-electron chi connectivity index (χ3n) is 5.83. The summed E-state index contributed by atoms with van der Waals surface area (Å²) in [6, 6.07) is 18.1. The number of aromatic nitrogens is 1. The highest BCUT2D eigenvalue weighted by Gasteiger charge is 2.49. The Labute approximate surface area is 158 Å². The highest BCUT2D eigenvalue weighted by Crippen LogP contribution is 2.44. The van der Waals surface area contributed by atoms with Crippen molar-refractivity contribution in [3.8, 4) is 5.75 Å². The maximum Gasteiger partial charge on any atom is 0.236 e. The molecule has 1 amide bonds. The van der Waals surface area contributed by atoms with Crippen LogP contribution in [0, 0.1) is 0 Å². The number of anilines is 2. The monoisotopic (exact) mass is 359 g/mol. The smallest absolute Gasteiger partial charge is 0.236 e. The summed E-state index contributed by atoms with van der Waals surface area (Å²) < 4.78 is 5.48. The van der Waals surface area contributed by atoms with Gasteiger partial charge in [-0.2, -0.15) is 0 Å². The van der Waals surface area contributed by atoms with Gasteiger partial charge in [0.2, 0.25) is 5.91 Å². The quantitative estimate of drug-likeness (QED) is 0.757. The number of carbonyl (C=O) groups is 1.